The van der Waals surface area contributed by atoms with Crippen molar-refractivity contribution in [1.82, 2.24) is 14.8 Å². The van der Waals surface area contributed by atoms with E-state index in [1.54, 1.807) is 29.2 Å². The molecule has 0 saturated carbocycles. The number of carbonyl (C=O) groups is 2. The van der Waals surface area contributed by atoms with E-state index in [-0.39, 0.29) is 11.9 Å². The molecule has 1 aromatic heterocycles. The largest absolute Gasteiger partial charge is 0.357 e. The van der Waals surface area contributed by atoms with Crippen LogP contribution in [0.4, 0.5) is 10.5 Å². The zero-order valence-electron chi connectivity index (χ0n) is 14.4. The Hall–Kier alpha value is -2.76. The monoisotopic (exact) mass is 328 g/mol. The molecule has 0 unspecified atom stereocenters. The molecule has 0 aliphatic heterocycles. The second-order valence-electron chi connectivity index (χ2n) is 5.55. The van der Waals surface area contributed by atoms with Crippen molar-refractivity contribution >= 4 is 17.6 Å². The predicted molar refractivity (Wildman–Crippen MR) is 95.0 cm³/mol. The standard InChI is InChI=1S/C18H24N4O2/c1-4-22(5-2)17(23)15-7-6-8-16(11-15)20-18(24)19-12-14-9-10-21(3)13-14/h6-11,13H,4-5,12H2,1-3H3,(H2,19,20,24). The van der Waals surface area contributed by atoms with E-state index in [4.69, 9.17) is 0 Å². The number of urea groups is 1. The number of aryl methyl sites for hydroxylation is 1. The van der Waals surface area contributed by atoms with Crippen LogP contribution < -0.4 is 10.6 Å². The lowest BCUT2D eigenvalue weighted by molar-refractivity contribution is 0.0773. The lowest BCUT2D eigenvalue weighted by Crippen LogP contribution is -2.31. The van der Waals surface area contributed by atoms with Gasteiger partial charge in [0, 0.05) is 50.3 Å². The number of aromatic nitrogens is 1. The molecule has 0 radical (unpaired) electrons. The fourth-order valence-electron chi connectivity index (χ4n) is 2.45. The van der Waals surface area contributed by atoms with Crippen molar-refractivity contribution in [3.8, 4) is 0 Å². The number of nitrogens with one attached hydrogen (secondary N) is 2. The van der Waals surface area contributed by atoms with Gasteiger partial charge in [-0.25, -0.2) is 4.79 Å². The first-order chi connectivity index (χ1) is 11.5. The van der Waals surface area contributed by atoms with Crippen LogP contribution in [0.25, 0.3) is 0 Å². The van der Waals surface area contributed by atoms with E-state index >= 15 is 0 Å². The summed E-state index contributed by atoms with van der Waals surface area (Å²) in [7, 11) is 1.93. The van der Waals surface area contributed by atoms with Crippen LogP contribution in [0.3, 0.4) is 0 Å². The second kappa shape index (κ2) is 8.19. The summed E-state index contributed by atoms with van der Waals surface area (Å²) in [4.78, 5) is 26.1. The molecule has 0 aliphatic rings. The lowest BCUT2D eigenvalue weighted by atomic mass is 10.1. The normalized spacial score (nSPS) is 10.3. The maximum Gasteiger partial charge on any atom is 0.319 e. The van der Waals surface area contributed by atoms with Crippen molar-refractivity contribution in [1.29, 1.82) is 0 Å². The number of nitrogens with zero attached hydrogens (tertiary/aromatic N) is 2. The highest BCUT2D eigenvalue weighted by Gasteiger charge is 2.13. The fourth-order valence-corrected chi connectivity index (χ4v) is 2.45. The maximum absolute atomic E-state index is 12.4. The summed E-state index contributed by atoms with van der Waals surface area (Å²) in [5.41, 5.74) is 2.19. The van der Waals surface area contributed by atoms with E-state index in [9.17, 15) is 9.59 Å². The molecule has 0 aliphatic carbocycles. The number of anilines is 1. The van der Waals surface area contributed by atoms with Crippen molar-refractivity contribution in [2.24, 2.45) is 7.05 Å². The molecule has 1 aromatic carbocycles. The van der Waals surface area contributed by atoms with E-state index in [1.807, 2.05) is 43.9 Å². The van der Waals surface area contributed by atoms with Crippen LogP contribution in [-0.4, -0.2) is 34.5 Å². The molecule has 0 saturated heterocycles. The molecule has 6 heteroatoms. The quantitative estimate of drug-likeness (QED) is 0.856. The highest BCUT2D eigenvalue weighted by Crippen LogP contribution is 2.13. The lowest BCUT2D eigenvalue weighted by Gasteiger charge is -2.19. The average Bonchev–Trinajstić information content (AvgIpc) is 3.00. The van der Waals surface area contributed by atoms with Gasteiger partial charge in [0.1, 0.15) is 0 Å². The third kappa shape index (κ3) is 4.62. The Morgan fingerprint density at radius 2 is 1.92 bits per heavy atom. The van der Waals surface area contributed by atoms with Crippen molar-refractivity contribution in [3.63, 3.8) is 0 Å². The van der Waals surface area contributed by atoms with Crippen LogP contribution in [0, 0.1) is 0 Å². The van der Waals surface area contributed by atoms with Gasteiger partial charge in [0.05, 0.1) is 0 Å². The van der Waals surface area contributed by atoms with E-state index in [0.29, 0.717) is 30.9 Å². The topological polar surface area (TPSA) is 66.4 Å². The Balaban J connectivity index is 1.95. The van der Waals surface area contributed by atoms with Gasteiger partial charge in [0.25, 0.3) is 5.91 Å². The molecule has 128 valence electrons. The number of carbonyl (C=O) groups excluding carboxylic acids is 2. The Morgan fingerprint density at radius 1 is 1.17 bits per heavy atom. The van der Waals surface area contributed by atoms with Crippen molar-refractivity contribution in [2.45, 2.75) is 20.4 Å². The van der Waals surface area contributed by atoms with Gasteiger partial charge in [0.2, 0.25) is 0 Å². The van der Waals surface area contributed by atoms with Crippen LogP contribution in [0.2, 0.25) is 0 Å². The third-order valence-electron chi connectivity index (χ3n) is 3.76. The smallest absolute Gasteiger partial charge is 0.319 e. The van der Waals surface area contributed by atoms with Crippen LogP contribution in [-0.2, 0) is 13.6 Å². The van der Waals surface area contributed by atoms with Gasteiger partial charge in [-0.05, 0) is 43.7 Å². The molecule has 2 rings (SSSR count). The van der Waals surface area contributed by atoms with Gasteiger partial charge >= 0.3 is 6.03 Å². The number of hydrogen-bond acceptors (Lipinski definition) is 2. The van der Waals surface area contributed by atoms with Crippen LogP contribution >= 0.6 is 0 Å². The molecule has 24 heavy (non-hydrogen) atoms. The molecule has 1 heterocycles. The van der Waals surface area contributed by atoms with Gasteiger partial charge in [-0.1, -0.05) is 6.07 Å². The summed E-state index contributed by atoms with van der Waals surface area (Å²) in [5.74, 6) is -0.0339. The number of amides is 3. The minimum absolute atomic E-state index is 0.0339. The second-order valence-corrected chi connectivity index (χ2v) is 5.55. The number of benzene rings is 1. The first-order valence-electron chi connectivity index (χ1n) is 8.08. The minimum atomic E-state index is -0.300. The predicted octanol–water partition coefficient (Wildman–Crippen LogP) is 2.83. The van der Waals surface area contributed by atoms with Crippen molar-refractivity contribution in [3.05, 3.63) is 53.9 Å². The van der Waals surface area contributed by atoms with Gasteiger partial charge in [0.15, 0.2) is 0 Å². The number of hydrogen-bond donors (Lipinski definition) is 2. The Kier molecular flexibility index (Phi) is 6.01. The molecule has 0 atom stereocenters. The summed E-state index contributed by atoms with van der Waals surface area (Å²) in [5, 5.41) is 5.56. The molecule has 0 spiro atoms. The Bertz CT molecular complexity index is 705. The molecule has 0 bridgehead atoms. The molecule has 0 fully saturated rings. The van der Waals surface area contributed by atoms with Gasteiger partial charge in [-0.3, -0.25) is 4.79 Å². The van der Waals surface area contributed by atoms with E-state index in [1.165, 1.54) is 0 Å². The number of rotatable bonds is 6. The van der Waals surface area contributed by atoms with Crippen LogP contribution in [0.5, 0.6) is 0 Å². The summed E-state index contributed by atoms with van der Waals surface area (Å²) in [6, 6.07) is 8.64. The molecular weight excluding hydrogens is 304 g/mol. The molecule has 3 amide bonds. The summed E-state index contributed by atoms with van der Waals surface area (Å²) >= 11 is 0. The first-order valence-corrected chi connectivity index (χ1v) is 8.08. The highest BCUT2D eigenvalue weighted by molar-refractivity contribution is 5.96. The van der Waals surface area contributed by atoms with Gasteiger partial charge in [-0.15, -0.1) is 0 Å². The first kappa shape index (κ1) is 17.6. The van der Waals surface area contributed by atoms with Crippen LogP contribution in [0.15, 0.2) is 42.7 Å². The molecular formula is C18H24N4O2. The highest BCUT2D eigenvalue weighted by atomic mass is 16.2. The average molecular weight is 328 g/mol. The fraction of sp³-hybridized carbons (Fsp3) is 0.333. The SMILES string of the molecule is CCN(CC)C(=O)c1cccc(NC(=O)NCc2ccn(C)c2)c1. The van der Waals surface area contributed by atoms with E-state index in [0.717, 1.165) is 5.56 Å². The van der Waals surface area contributed by atoms with Crippen molar-refractivity contribution < 1.29 is 9.59 Å². The summed E-state index contributed by atoms with van der Waals surface area (Å²) in [6.07, 6.45) is 3.88. The molecule has 2 N–H and O–H groups in total. The Labute approximate surface area is 142 Å². The zero-order chi connectivity index (χ0) is 17.5. The molecule has 2 aromatic rings. The van der Waals surface area contributed by atoms with E-state index in [2.05, 4.69) is 10.6 Å². The van der Waals surface area contributed by atoms with Gasteiger partial charge < -0.3 is 20.1 Å². The van der Waals surface area contributed by atoms with Crippen LogP contribution in [0.1, 0.15) is 29.8 Å². The summed E-state index contributed by atoms with van der Waals surface area (Å²) in [6.45, 7) is 5.65. The minimum Gasteiger partial charge on any atom is -0.357 e. The zero-order valence-corrected chi connectivity index (χ0v) is 14.4. The Morgan fingerprint density at radius 3 is 2.54 bits per heavy atom. The molecule has 6 nitrogen and oxygen atoms in total. The van der Waals surface area contributed by atoms with E-state index < -0.39 is 0 Å². The summed E-state index contributed by atoms with van der Waals surface area (Å²) < 4.78 is 1.93. The maximum atomic E-state index is 12.4. The third-order valence-corrected chi connectivity index (χ3v) is 3.76. The van der Waals surface area contributed by atoms with Crippen molar-refractivity contribution in [2.75, 3.05) is 18.4 Å². The van der Waals surface area contributed by atoms with Gasteiger partial charge in [-0.2, -0.15) is 0 Å².